The Morgan fingerprint density at radius 1 is 1.25 bits per heavy atom. The number of amides is 2. The van der Waals surface area contributed by atoms with Crippen molar-refractivity contribution in [3.8, 4) is 0 Å². The first-order valence-electron chi connectivity index (χ1n) is 8.43. The monoisotopic (exact) mass is 351 g/mol. The van der Waals surface area contributed by atoms with Gasteiger partial charge in [-0.3, -0.25) is 9.59 Å². The molecule has 6 heteroatoms. The van der Waals surface area contributed by atoms with Gasteiger partial charge in [-0.2, -0.15) is 0 Å². The van der Waals surface area contributed by atoms with Crippen LogP contribution < -0.4 is 10.6 Å². The summed E-state index contributed by atoms with van der Waals surface area (Å²) >= 11 is 0. The Morgan fingerprint density at radius 2 is 1.92 bits per heavy atom. The van der Waals surface area contributed by atoms with Crippen molar-refractivity contribution in [3.63, 3.8) is 0 Å². The van der Waals surface area contributed by atoms with E-state index in [0.717, 1.165) is 38.2 Å². The maximum absolute atomic E-state index is 12.5. The standard InChI is InChI=1S/C18H25N3O2.ClH/c1-12-9-16(12)17(22)20-15-5-3-14(4-6-15)18(23)21-8-7-13(11-21)10-19-2;/h3-6,12-13,16,19H,7-11H2,1-2H3,(H,20,22);1H. The minimum atomic E-state index is 0. The van der Waals surface area contributed by atoms with Crippen LogP contribution in [0.5, 0.6) is 0 Å². The van der Waals surface area contributed by atoms with Crippen LogP contribution in [0.15, 0.2) is 24.3 Å². The summed E-state index contributed by atoms with van der Waals surface area (Å²) in [5.74, 6) is 1.37. The number of benzene rings is 1. The fourth-order valence-corrected chi connectivity index (χ4v) is 3.27. The molecule has 1 aromatic carbocycles. The summed E-state index contributed by atoms with van der Waals surface area (Å²) in [7, 11) is 1.94. The van der Waals surface area contributed by atoms with Gasteiger partial charge in [0.1, 0.15) is 0 Å². The first-order valence-corrected chi connectivity index (χ1v) is 8.43. The highest BCUT2D eigenvalue weighted by atomic mass is 35.5. The van der Waals surface area contributed by atoms with Gasteiger partial charge in [0.2, 0.25) is 5.91 Å². The van der Waals surface area contributed by atoms with Crippen LogP contribution in [0.25, 0.3) is 0 Å². The van der Waals surface area contributed by atoms with Crippen molar-refractivity contribution < 1.29 is 9.59 Å². The summed E-state index contributed by atoms with van der Waals surface area (Å²) in [6.45, 7) is 4.68. The fourth-order valence-electron chi connectivity index (χ4n) is 3.27. The second-order valence-electron chi connectivity index (χ2n) is 6.85. The summed E-state index contributed by atoms with van der Waals surface area (Å²) in [6.07, 6.45) is 2.03. The van der Waals surface area contributed by atoms with Crippen molar-refractivity contribution in [2.24, 2.45) is 17.8 Å². The zero-order chi connectivity index (χ0) is 16.4. The zero-order valence-electron chi connectivity index (χ0n) is 14.2. The van der Waals surface area contributed by atoms with Crippen molar-refractivity contribution in [2.75, 3.05) is 32.0 Å². The first-order chi connectivity index (χ1) is 11.1. The van der Waals surface area contributed by atoms with Crippen molar-refractivity contribution in [1.29, 1.82) is 0 Å². The fraction of sp³-hybridized carbons (Fsp3) is 0.556. The molecular weight excluding hydrogens is 326 g/mol. The van der Waals surface area contributed by atoms with E-state index in [2.05, 4.69) is 17.6 Å². The maximum atomic E-state index is 12.5. The second-order valence-corrected chi connectivity index (χ2v) is 6.85. The quantitative estimate of drug-likeness (QED) is 0.856. The predicted molar refractivity (Wildman–Crippen MR) is 97.5 cm³/mol. The number of rotatable bonds is 5. The van der Waals surface area contributed by atoms with Crippen LogP contribution >= 0.6 is 12.4 Å². The number of nitrogens with one attached hydrogen (secondary N) is 2. The number of likely N-dealkylation sites (tertiary alicyclic amines) is 1. The molecule has 1 aliphatic carbocycles. The van der Waals surface area contributed by atoms with E-state index in [9.17, 15) is 9.59 Å². The molecule has 0 radical (unpaired) electrons. The summed E-state index contributed by atoms with van der Waals surface area (Å²) in [6, 6.07) is 7.25. The summed E-state index contributed by atoms with van der Waals surface area (Å²) in [5, 5.41) is 6.10. The molecule has 1 saturated heterocycles. The third kappa shape index (κ3) is 4.28. The third-order valence-electron chi connectivity index (χ3n) is 4.91. The van der Waals surface area contributed by atoms with Crippen LogP contribution in [0.2, 0.25) is 0 Å². The summed E-state index contributed by atoms with van der Waals surface area (Å²) in [4.78, 5) is 26.3. The van der Waals surface area contributed by atoms with Gasteiger partial charge >= 0.3 is 0 Å². The number of carbonyl (C=O) groups is 2. The maximum Gasteiger partial charge on any atom is 0.253 e. The molecule has 24 heavy (non-hydrogen) atoms. The molecular formula is C18H26ClN3O2. The van der Waals surface area contributed by atoms with Crippen molar-refractivity contribution in [2.45, 2.75) is 19.8 Å². The summed E-state index contributed by atoms with van der Waals surface area (Å²) in [5.41, 5.74) is 1.45. The van der Waals surface area contributed by atoms with Crippen LogP contribution in [-0.2, 0) is 4.79 Å². The number of halogens is 1. The van der Waals surface area contributed by atoms with Crippen molar-refractivity contribution in [3.05, 3.63) is 29.8 Å². The molecule has 5 nitrogen and oxygen atoms in total. The Kier molecular flexibility index (Phi) is 6.24. The topological polar surface area (TPSA) is 61.4 Å². The highest BCUT2D eigenvalue weighted by Crippen LogP contribution is 2.38. The molecule has 2 fully saturated rings. The zero-order valence-corrected chi connectivity index (χ0v) is 15.1. The Morgan fingerprint density at radius 3 is 2.50 bits per heavy atom. The molecule has 1 aromatic rings. The van der Waals surface area contributed by atoms with Gasteiger partial charge in [-0.05, 0) is 62.5 Å². The Hall–Kier alpha value is -1.59. The van der Waals surface area contributed by atoms with Crippen molar-refractivity contribution >= 4 is 29.9 Å². The average Bonchev–Trinajstić information content (AvgIpc) is 3.10. The van der Waals surface area contributed by atoms with Gasteiger partial charge in [0.25, 0.3) is 5.91 Å². The van der Waals surface area contributed by atoms with Gasteiger partial charge in [0, 0.05) is 30.3 Å². The number of carbonyl (C=O) groups excluding carboxylic acids is 2. The van der Waals surface area contributed by atoms with Gasteiger partial charge in [0.15, 0.2) is 0 Å². The Balaban J connectivity index is 0.00000208. The Labute approximate surface area is 149 Å². The van der Waals surface area contributed by atoms with Gasteiger partial charge in [-0.25, -0.2) is 0 Å². The predicted octanol–water partition coefficient (Wildman–Crippen LogP) is 2.38. The Bertz CT molecular complexity index is 590. The molecule has 1 saturated carbocycles. The van der Waals surface area contributed by atoms with Crippen LogP contribution in [0, 0.1) is 17.8 Å². The minimum Gasteiger partial charge on any atom is -0.338 e. The molecule has 0 aromatic heterocycles. The highest BCUT2D eigenvalue weighted by molar-refractivity contribution is 5.97. The molecule has 2 amide bonds. The van der Waals surface area contributed by atoms with Gasteiger partial charge < -0.3 is 15.5 Å². The van der Waals surface area contributed by atoms with Gasteiger partial charge in [0.05, 0.1) is 0 Å². The lowest BCUT2D eigenvalue weighted by molar-refractivity contribution is -0.117. The van der Waals surface area contributed by atoms with E-state index in [1.54, 1.807) is 12.1 Å². The van der Waals surface area contributed by atoms with Crippen LogP contribution in [0.4, 0.5) is 5.69 Å². The lowest BCUT2D eigenvalue weighted by Crippen LogP contribution is -2.30. The molecule has 0 bridgehead atoms. The molecule has 3 atom stereocenters. The van der Waals surface area contributed by atoms with E-state index >= 15 is 0 Å². The number of hydrogen-bond donors (Lipinski definition) is 2. The second kappa shape index (κ2) is 7.99. The molecule has 1 heterocycles. The molecule has 132 valence electrons. The van der Waals surface area contributed by atoms with Crippen molar-refractivity contribution in [1.82, 2.24) is 10.2 Å². The first kappa shape index (κ1) is 18.7. The lowest BCUT2D eigenvalue weighted by atomic mass is 10.1. The number of nitrogens with zero attached hydrogens (tertiary/aromatic N) is 1. The minimum absolute atomic E-state index is 0. The lowest BCUT2D eigenvalue weighted by Gasteiger charge is -2.17. The molecule has 0 spiro atoms. The third-order valence-corrected chi connectivity index (χ3v) is 4.91. The van der Waals surface area contributed by atoms with E-state index in [4.69, 9.17) is 0 Å². The number of anilines is 1. The normalized spacial score (nSPS) is 25.1. The highest BCUT2D eigenvalue weighted by Gasteiger charge is 2.39. The smallest absolute Gasteiger partial charge is 0.253 e. The molecule has 2 aliphatic rings. The molecule has 3 rings (SSSR count). The molecule has 2 N–H and O–H groups in total. The molecule has 1 aliphatic heterocycles. The largest absolute Gasteiger partial charge is 0.338 e. The van der Waals surface area contributed by atoms with E-state index < -0.39 is 0 Å². The SMILES string of the molecule is CNCC1CCN(C(=O)c2ccc(NC(=O)C3CC3C)cc2)C1.Cl. The van der Waals surface area contributed by atoms with Gasteiger partial charge in [-0.1, -0.05) is 6.92 Å². The van der Waals surface area contributed by atoms with E-state index in [0.29, 0.717) is 17.4 Å². The summed E-state index contributed by atoms with van der Waals surface area (Å²) < 4.78 is 0. The number of hydrogen-bond acceptors (Lipinski definition) is 3. The van der Waals surface area contributed by atoms with Crippen LogP contribution in [0.1, 0.15) is 30.1 Å². The van der Waals surface area contributed by atoms with E-state index in [1.165, 1.54) is 0 Å². The van der Waals surface area contributed by atoms with E-state index in [1.807, 2.05) is 24.1 Å². The van der Waals surface area contributed by atoms with Crippen LogP contribution in [0.3, 0.4) is 0 Å². The van der Waals surface area contributed by atoms with Gasteiger partial charge in [-0.15, -0.1) is 12.4 Å². The molecule has 3 unspecified atom stereocenters. The van der Waals surface area contributed by atoms with E-state index in [-0.39, 0.29) is 30.1 Å². The average molecular weight is 352 g/mol. The van der Waals surface area contributed by atoms with Crippen LogP contribution in [-0.4, -0.2) is 43.4 Å².